The van der Waals surface area contributed by atoms with E-state index in [0.717, 1.165) is 25.7 Å². The van der Waals surface area contributed by atoms with Crippen LogP contribution in [0.1, 0.15) is 46.5 Å². The number of allylic oxidation sites excluding steroid dienone is 2. The van der Waals surface area contributed by atoms with Gasteiger partial charge < -0.3 is 25.0 Å². The molecule has 2 heterocycles. The molecule has 7 nitrogen and oxygen atoms in total. The lowest BCUT2D eigenvalue weighted by atomic mass is 9.98. The second kappa shape index (κ2) is 10.5. The molecule has 28 heavy (non-hydrogen) atoms. The summed E-state index contributed by atoms with van der Waals surface area (Å²) < 4.78 is 23.3. The van der Waals surface area contributed by atoms with Crippen LogP contribution in [0.15, 0.2) is 23.2 Å². The Labute approximate surface area is 166 Å². The molecule has 2 fully saturated rings. The molecular formula is C20H32FN3O4. The molecule has 2 aliphatic rings. The third kappa shape index (κ3) is 5.70. The predicted octanol–water partition coefficient (Wildman–Crippen LogP) is 2.64. The SMILES string of the molecule is CCOC(=O)N1C2CCC1CC(NCCNC(=O)C(C)=CC(OC)=C(C)F)C2. The van der Waals surface area contributed by atoms with Crippen molar-refractivity contribution in [3.8, 4) is 0 Å². The number of piperidine rings is 1. The van der Waals surface area contributed by atoms with E-state index in [2.05, 4.69) is 10.6 Å². The maximum Gasteiger partial charge on any atom is 0.410 e. The van der Waals surface area contributed by atoms with Crippen LogP contribution >= 0.6 is 0 Å². The van der Waals surface area contributed by atoms with Crippen molar-refractivity contribution in [2.45, 2.75) is 64.6 Å². The number of carbonyl (C=O) groups excluding carboxylic acids is 2. The monoisotopic (exact) mass is 397 g/mol. The zero-order valence-corrected chi connectivity index (χ0v) is 17.2. The lowest BCUT2D eigenvalue weighted by Gasteiger charge is -2.38. The van der Waals surface area contributed by atoms with Crippen LogP contribution in [0.3, 0.4) is 0 Å². The van der Waals surface area contributed by atoms with Crippen molar-refractivity contribution in [2.24, 2.45) is 0 Å². The molecule has 158 valence electrons. The first-order valence-corrected chi connectivity index (χ1v) is 9.92. The molecule has 2 amide bonds. The molecule has 2 bridgehead atoms. The van der Waals surface area contributed by atoms with Crippen LogP contribution in [0.25, 0.3) is 0 Å². The van der Waals surface area contributed by atoms with Gasteiger partial charge in [0.25, 0.3) is 0 Å². The van der Waals surface area contributed by atoms with Crippen LogP contribution in [-0.4, -0.2) is 61.8 Å². The van der Waals surface area contributed by atoms with Gasteiger partial charge in [-0.3, -0.25) is 4.79 Å². The van der Waals surface area contributed by atoms with E-state index in [1.807, 2.05) is 11.8 Å². The Hall–Kier alpha value is -2.09. The van der Waals surface area contributed by atoms with Crippen molar-refractivity contribution in [3.63, 3.8) is 0 Å². The third-order valence-electron chi connectivity index (χ3n) is 5.32. The smallest absolute Gasteiger partial charge is 0.410 e. The minimum atomic E-state index is -0.472. The summed E-state index contributed by atoms with van der Waals surface area (Å²) in [5.74, 6) is -0.676. The maximum absolute atomic E-state index is 13.2. The first-order valence-electron chi connectivity index (χ1n) is 9.92. The van der Waals surface area contributed by atoms with E-state index in [-0.39, 0.29) is 29.8 Å². The number of carbonyl (C=O) groups is 2. The molecule has 0 aromatic rings. The van der Waals surface area contributed by atoms with E-state index >= 15 is 0 Å². The maximum atomic E-state index is 13.2. The zero-order chi connectivity index (χ0) is 20.7. The molecule has 2 rings (SSSR count). The second-order valence-electron chi connectivity index (χ2n) is 7.30. The van der Waals surface area contributed by atoms with E-state index in [0.29, 0.717) is 31.3 Å². The molecule has 2 N–H and O–H groups in total. The summed E-state index contributed by atoms with van der Waals surface area (Å²) in [5.41, 5.74) is 0.384. The fourth-order valence-electron chi connectivity index (χ4n) is 3.99. The second-order valence-corrected chi connectivity index (χ2v) is 7.30. The summed E-state index contributed by atoms with van der Waals surface area (Å²) >= 11 is 0. The summed E-state index contributed by atoms with van der Waals surface area (Å²) in [5, 5.41) is 6.29. The van der Waals surface area contributed by atoms with Gasteiger partial charge in [-0.2, -0.15) is 0 Å². The lowest BCUT2D eigenvalue weighted by Crippen LogP contribution is -2.52. The van der Waals surface area contributed by atoms with Gasteiger partial charge in [-0.15, -0.1) is 0 Å². The van der Waals surface area contributed by atoms with Gasteiger partial charge in [-0.1, -0.05) is 0 Å². The number of nitrogens with one attached hydrogen (secondary N) is 2. The number of rotatable bonds is 8. The van der Waals surface area contributed by atoms with E-state index in [9.17, 15) is 14.0 Å². The van der Waals surface area contributed by atoms with Crippen LogP contribution in [-0.2, 0) is 14.3 Å². The first-order chi connectivity index (χ1) is 13.4. The van der Waals surface area contributed by atoms with Gasteiger partial charge in [-0.25, -0.2) is 9.18 Å². The first kappa shape index (κ1) is 22.2. The number of amides is 2. The normalized spacial score (nSPS) is 25.2. The predicted molar refractivity (Wildman–Crippen MR) is 104 cm³/mol. The number of hydrogen-bond donors (Lipinski definition) is 2. The third-order valence-corrected chi connectivity index (χ3v) is 5.32. The Kier molecular flexibility index (Phi) is 8.29. The van der Waals surface area contributed by atoms with Crippen LogP contribution in [0.2, 0.25) is 0 Å². The zero-order valence-electron chi connectivity index (χ0n) is 17.2. The van der Waals surface area contributed by atoms with Gasteiger partial charge >= 0.3 is 6.09 Å². The van der Waals surface area contributed by atoms with Crippen molar-refractivity contribution in [1.82, 2.24) is 15.5 Å². The summed E-state index contributed by atoms with van der Waals surface area (Å²) in [6.07, 6.45) is 5.04. The van der Waals surface area contributed by atoms with Crippen molar-refractivity contribution < 1.29 is 23.5 Å². The lowest BCUT2D eigenvalue weighted by molar-refractivity contribution is -0.117. The largest absolute Gasteiger partial charge is 0.494 e. The summed E-state index contributed by atoms with van der Waals surface area (Å²) in [4.78, 5) is 26.1. The van der Waals surface area contributed by atoms with E-state index in [1.54, 1.807) is 6.92 Å². The highest BCUT2D eigenvalue weighted by Crippen LogP contribution is 2.36. The highest BCUT2D eigenvalue weighted by molar-refractivity contribution is 5.93. The summed E-state index contributed by atoms with van der Waals surface area (Å²) in [6.45, 7) is 6.23. The highest BCUT2D eigenvalue weighted by Gasteiger charge is 2.43. The summed E-state index contributed by atoms with van der Waals surface area (Å²) in [6, 6.07) is 0.797. The topological polar surface area (TPSA) is 79.9 Å². The Morgan fingerprint density at radius 3 is 2.36 bits per heavy atom. The number of methoxy groups -OCH3 is 1. The minimum Gasteiger partial charge on any atom is -0.494 e. The van der Waals surface area contributed by atoms with E-state index < -0.39 is 5.83 Å². The van der Waals surface area contributed by atoms with E-state index in [1.165, 1.54) is 20.1 Å². The molecule has 0 aromatic heterocycles. The average Bonchev–Trinajstić information content (AvgIpc) is 2.93. The van der Waals surface area contributed by atoms with Crippen LogP contribution in [0.4, 0.5) is 9.18 Å². The molecule has 0 saturated carbocycles. The number of hydrogen-bond acceptors (Lipinski definition) is 5. The molecule has 0 aliphatic carbocycles. The summed E-state index contributed by atoms with van der Waals surface area (Å²) in [7, 11) is 1.37. The molecular weight excluding hydrogens is 365 g/mol. The molecule has 2 aliphatic heterocycles. The Balaban J connectivity index is 1.74. The number of halogens is 1. The molecule has 2 saturated heterocycles. The minimum absolute atomic E-state index is 0.0506. The number of ether oxygens (including phenoxy) is 2. The van der Waals surface area contributed by atoms with Gasteiger partial charge in [0.2, 0.25) is 5.91 Å². The van der Waals surface area contributed by atoms with Crippen LogP contribution in [0, 0.1) is 0 Å². The van der Waals surface area contributed by atoms with Gasteiger partial charge in [-0.05, 0) is 52.5 Å². The van der Waals surface area contributed by atoms with Gasteiger partial charge in [0.15, 0.2) is 0 Å². The molecule has 0 spiro atoms. The number of fused-ring (bicyclic) bond motifs is 2. The van der Waals surface area contributed by atoms with Gasteiger partial charge in [0, 0.05) is 36.8 Å². The van der Waals surface area contributed by atoms with Crippen LogP contribution < -0.4 is 10.6 Å². The molecule has 2 unspecified atom stereocenters. The number of nitrogens with zero attached hydrogens (tertiary/aromatic N) is 1. The van der Waals surface area contributed by atoms with Crippen molar-refractivity contribution in [3.05, 3.63) is 23.2 Å². The molecule has 8 heteroatoms. The quantitative estimate of drug-likeness (QED) is 0.285. The van der Waals surface area contributed by atoms with Crippen molar-refractivity contribution in [1.29, 1.82) is 0 Å². The highest BCUT2D eigenvalue weighted by atomic mass is 19.1. The Morgan fingerprint density at radius 2 is 1.82 bits per heavy atom. The average molecular weight is 397 g/mol. The van der Waals surface area contributed by atoms with Crippen LogP contribution in [0.5, 0.6) is 0 Å². The fourth-order valence-corrected chi connectivity index (χ4v) is 3.99. The molecule has 0 aromatic carbocycles. The molecule has 2 atom stereocenters. The van der Waals surface area contributed by atoms with Gasteiger partial charge in [0.1, 0.15) is 11.6 Å². The Bertz CT molecular complexity index is 617. The van der Waals surface area contributed by atoms with Gasteiger partial charge in [0.05, 0.1) is 13.7 Å². The molecule has 0 radical (unpaired) electrons. The Morgan fingerprint density at radius 1 is 1.18 bits per heavy atom. The van der Waals surface area contributed by atoms with E-state index in [4.69, 9.17) is 9.47 Å². The fraction of sp³-hybridized carbons (Fsp3) is 0.700. The standard InChI is InChI=1S/C20H32FN3O4/c1-5-28-20(26)24-16-6-7-17(24)12-15(11-16)22-8-9-23-19(25)13(2)10-18(27-4)14(3)21/h10,15-17,22H,5-9,11-12H2,1-4H3,(H,23,25). The van der Waals surface area contributed by atoms with Crippen molar-refractivity contribution in [2.75, 3.05) is 26.8 Å². The van der Waals surface area contributed by atoms with Crippen molar-refractivity contribution >= 4 is 12.0 Å².